The summed E-state index contributed by atoms with van der Waals surface area (Å²) in [5.41, 5.74) is 0.958. The number of ether oxygens (including phenoxy) is 2. The van der Waals surface area contributed by atoms with Gasteiger partial charge in [-0.3, -0.25) is 0 Å². The Kier molecular flexibility index (Phi) is 5.27. The third-order valence-corrected chi connectivity index (χ3v) is 5.87. The largest absolute Gasteiger partial charge is 0.486 e. The maximum absolute atomic E-state index is 12.2. The first kappa shape index (κ1) is 17.7. The van der Waals surface area contributed by atoms with Crippen LogP contribution in [0.3, 0.4) is 0 Å². The Labute approximate surface area is 148 Å². The highest BCUT2D eigenvalue weighted by molar-refractivity contribution is 7.89. The molecule has 0 radical (unpaired) electrons. The molecule has 1 aliphatic rings. The van der Waals surface area contributed by atoms with Crippen LogP contribution in [0, 0.1) is 0 Å². The van der Waals surface area contributed by atoms with Crippen LogP contribution in [0.5, 0.6) is 11.5 Å². The Bertz CT molecular complexity index is 836. The fourth-order valence-corrected chi connectivity index (χ4v) is 3.63. The van der Waals surface area contributed by atoms with Gasteiger partial charge in [-0.15, -0.1) is 0 Å². The number of rotatable bonds is 6. The molecule has 25 heavy (non-hydrogen) atoms. The van der Waals surface area contributed by atoms with Crippen LogP contribution in [0.15, 0.2) is 53.4 Å². The first-order valence-electron chi connectivity index (χ1n) is 8.18. The molecule has 1 atom stereocenters. The number of nitrogens with two attached hydrogens (primary N) is 1. The number of para-hydroxylation sites is 2. The van der Waals surface area contributed by atoms with Gasteiger partial charge in [0, 0.05) is 19.7 Å². The fraction of sp³-hybridized carbons (Fsp3) is 0.333. The van der Waals surface area contributed by atoms with E-state index in [4.69, 9.17) is 9.47 Å². The van der Waals surface area contributed by atoms with Gasteiger partial charge < -0.3 is 14.8 Å². The molecule has 2 aromatic rings. The lowest BCUT2D eigenvalue weighted by Crippen LogP contribution is -2.85. The van der Waals surface area contributed by atoms with E-state index in [0.717, 1.165) is 23.6 Å². The molecule has 7 heteroatoms. The van der Waals surface area contributed by atoms with Gasteiger partial charge in [0.25, 0.3) is 0 Å². The maximum atomic E-state index is 12.2. The molecule has 0 spiro atoms. The van der Waals surface area contributed by atoms with Gasteiger partial charge in [-0.2, -0.15) is 0 Å². The summed E-state index contributed by atoms with van der Waals surface area (Å²) in [4.78, 5) is 0.314. The zero-order valence-electron chi connectivity index (χ0n) is 14.4. The van der Waals surface area contributed by atoms with Gasteiger partial charge in [0.1, 0.15) is 19.7 Å². The van der Waals surface area contributed by atoms with Crippen molar-refractivity contribution in [3.05, 3.63) is 54.1 Å². The Balaban J connectivity index is 1.57. The molecule has 0 saturated carbocycles. The lowest BCUT2D eigenvalue weighted by atomic mass is 10.2. The van der Waals surface area contributed by atoms with Crippen LogP contribution in [-0.2, 0) is 16.6 Å². The first-order valence-corrected chi connectivity index (χ1v) is 9.62. The second-order valence-corrected chi connectivity index (χ2v) is 8.31. The van der Waals surface area contributed by atoms with Crippen LogP contribution in [0.25, 0.3) is 0 Å². The van der Waals surface area contributed by atoms with Crippen molar-refractivity contribution in [3.8, 4) is 11.5 Å². The third kappa shape index (κ3) is 4.12. The van der Waals surface area contributed by atoms with Gasteiger partial charge in [0.2, 0.25) is 10.0 Å². The molecule has 1 heterocycles. The van der Waals surface area contributed by atoms with E-state index >= 15 is 0 Å². The maximum Gasteiger partial charge on any atom is 0.242 e. The minimum absolute atomic E-state index is 0.0245. The smallest absolute Gasteiger partial charge is 0.242 e. The van der Waals surface area contributed by atoms with E-state index in [1.165, 1.54) is 18.4 Å². The van der Waals surface area contributed by atoms with Gasteiger partial charge >= 0.3 is 0 Å². The van der Waals surface area contributed by atoms with Crippen LogP contribution in [0.4, 0.5) is 0 Å². The highest BCUT2D eigenvalue weighted by atomic mass is 32.2. The molecule has 3 rings (SSSR count). The van der Waals surface area contributed by atoms with Gasteiger partial charge in [-0.05, 0) is 24.3 Å². The highest BCUT2D eigenvalue weighted by Crippen LogP contribution is 2.30. The summed E-state index contributed by atoms with van der Waals surface area (Å²) in [5.74, 6) is 1.55. The molecular formula is C18H23N2O4S+. The van der Waals surface area contributed by atoms with Crippen molar-refractivity contribution in [1.29, 1.82) is 0 Å². The van der Waals surface area contributed by atoms with Crippen molar-refractivity contribution < 1.29 is 23.2 Å². The van der Waals surface area contributed by atoms with Crippen molar-refractivity contribution >= 4 is 10.0 Å². The summed E-state index contributed by atoms with van der Waals surface area (Å²) >= 11 is 0. The van der Waals surface area contributed by atoms with E-state index in [1.807, 2.05) is 30.3 Å². The SMILES string of the molecule is CN(C)S(=O)(=O)c1cccc(C[NH2+]C[C@@H]2COc3ccccc3O2)c1. The zero-order valence-corrected chi connectivity index (χ0v) is 15.2. The summed E-state index contributed by atoms with van der Waals surface area (Å²) in [7, 11) is -0.335. The second kappa shape index (κ2) is 7.43. The second-order valence-electron chi connectivity index (χ2n) is 6.16. The highest BCUT2D eigenvalue weighted by Gasteiger charge is 2.22. The molecule has 6 nitrogen and oxygen atoms in total. The van der Waals surface area contributed by atoms with Gasteiger partial charge in [-0.25, -0.2) is 12.7 Å². The van der Waals surface area contributed by atoms with Gasteiger partial charge in [0.15, 0.2) is 17.6 Å². The first-order chi connectivity index (χ1) is 12.0. The normalized spacial score (nSPS) is 16.8. The van der Waals surface area contributed by atoms with Crippen LogP contribution in [0.2, 0.25) is 0 Å². The molecule has 0 aromatic heterocycles. The van der Waals surface area contributed by atoms with E-state index in [-0.39, 0.29) is 6.10 Å². The standard InChI is InChI=1S/C18H22N2O4S/c1-20(2)25(21,22)16-7-5-6-14(10-16)11-19-12-15-13-23-17-8-3-4-9-18(17)24-15/h3-10,15,19H,11-13H2,1-2H3/p+1/t15-/m1/s1. The topological polar surface area (TPSA) is 72.5 Å². The molecule has 0 saturated heterocycles. The monoisotopic (exact) mass is 363 g/mol. The summed E-state index contributed by atoms with van der Waals surface area (Å²) in [6.07, 6.45) is -0.0245. The number of nitrogens with zero attached hydrogens (tertiary/aromatic N) is 1. The summed E-state index contributed by atoms with van der Waals surface area (Å²) in [6, 6.07) is 14.7. The minimum atomic E-state index is -3.40. The van der Waals surface area contributed by atoms with E-state index in [2.05, 4.69) is 5.32 Å². The van der Waals surface area contributed by atoms with Crippen molar-refractivity contribution in [2.75, 3.05) is 27.2 Å². The predicted octanol–water partition coefficient (Wildman–Crippen LogP) is 0.840. The zero-order chi connectivity index (χ0) is 17.9. The summed E-state index contributed by atoms with van der Waals surface area (Å²) < 4.78 is 37.2. The van der Waals surface area contributed by atoms with Gasteiger partial charge in [0.05, 0.1) is 4.90 Å². The van der Waals surface area contributed by atoms with Crippen molar-refractivity contribution in [1.82, 2.24) is 4.31 Å². The molecule has 0 fully saturated rings. The predicted molar refractivity (Wildman–Crippen MR) is 94.2 cm³/mol. The van der Waals surface area contributed by atoms with Crippen molar-refractivity contribution in [2.24, 2.45) is 0 Å². The lowest BCUT2D eigenvalue weighted by molar-refractivity contribution is -0.676. The Hall–Kier alpha value is -2.09. The Morgan fingerprint density at radius 2 is 1.88 bits per heavy atom. The molecule has 0 bridgehead atoms. The molecule has 1 aliphatic heterocycles. The van der Waals surface area contributed by atoms with Crippen molar-refractivity contribution in [3.63, 3.8) is 0 Å². The number of sulfonamides is 1. The minimum Gasteiger partial charge on any atom is -0.486 e. The fourth-order valence-electron chi connectivity index (χ4n) is 2.66. The van der Waals surface area contributed by atoms with Crippen LogP contribution < -0.4 is 14.8 Å². The molecule has 2 aromatic carbocycles. The molecule has 0 unspecified atom stereocenters. The number of hydrogen-bond donors (Lipinski definition) is 1. The van der Waals surface area contributed by atoms with Crippen LogP contribution in [-0.4, -0.2) is 46.1 Å². The van der Waals surface area contributed by atoms with Crippen molar-refractivity contribution in [2.45, 2.75) is 17.5 Å². The van der Waals surface area contributed by atoms with E-state index in [1.54, 1.807) is 18.2 Å². The summed E-state index contributed by atoms with van der Waals surface area (Å²) in [5, 5.41) is 2.10. The van der Waals surface area contributed by atoms with Crippen LogP contribution in [0.1, 0.15) is 5.56 Å². The van der Waals surface area contributed by atoms with Gasteiger partial charge in [-0.1, -0.05) is 24.3 Å². The quantitative estimate of drug-likeness (QED) is 0.826. The number of benzene rings is 2. The van der Waals surface area contributed by atoms with E-state index < -0.39 is 10.0 Å². The third-order valence-electron chi connectivity index (χ3n) is 4.05. The summed E-state index contributed by atoms with van der Waals surface area (Å²) in [6.45, 7) is 1.93. The van der Waals surface area contributed by atoms with E-state index in [9.17, 15) is 8.42 Å². The Morgan fingerprint density at radius 1 is 1.12 bits per heavy atom. The molecule has 0 amide bonds. The Morgan fingerprint density at radius 3 is 2.64 bits per heavy atom. The number of quaternary nitrogens is 1. The van der Waals surface area contributed by atoms with Crippen LogP contribution >= 0.6 is 0 Å². The molecule has 2 N–H and O–H groups in total. The number of fused-ring (bicyclic) bond motifs is 1. The number of hydrogen-bond acceptors (Lipinski definition) is 4. The average molecular weight is 363 g/mol. The molecule has 0 aliphatic carbocycles. The average Bonchev–Trinajstić information content (AvgIpc) is 2.62. The molecular weight excluding hydrogens is 340 g/mol. The molecule has 134 valence electrons. The lowest BCUT2D eigenvalue weighted by Gasteiger charge is -2.25. The van der Waals surface area contributed by atoms with E-state index in [0.29, 0.717) is 18.0 Å².